The van der Waals surface area contributed by atoms with E-state index in [2.05, 4.69) is 37.5 Å². The Balaban J connectivity index is 2.25. The van der Waals surface area contributed by atoms with Crippen molar-refractivity contribution >= 4 is 11.9 Å². The van der Waals surface area contributed by atoms with Gasteiger partial charge in [-0.2, -0.15) is 0 Å². The number of ether oxygens (including phenoxy) is 2. The SMILES string of the molecule is CCCCCCCCCN(CC)CCCOC(=O)c1cccc(C(=O)OCCCN(CC)CCCCCCCCC)c1. The minimum absolute atomic E-state index is 0.383. The van der Waals surface area contributed by atoms with Crippen LogP contribution in [0.25, 0.3) is 0 Å². The Kier molecular flexibility index (Phi) is 24.2. The summed E-state index contributed by atoms with van der Waals surface area (Å²) < 4.78 is 11.0. The Bertz CT molecular complexity index is 739. The summed E-state index contributed by atoms with van der Waals surface area (Å²) >= 11 is 0. The first-order valence-corrected chi connectivity index (χ1v) is 17.4. The molecule has 1 rings (SSSR count). The van der Waals surface area contributed by atoms with Crippen LogP contribution in [-0.2, 0) is 9.47 Å². The third-order valence-corrected chi connectivity index (χ3v) is 8.09. The second-order valence-corrected chi connectivity index (χ2v) is 11.7. The molecule has 0 bridgehead atoms. The molecule has 0 aliphatic heterocycles. The molecule has 6 nitrogen and oxygen atoms in total. The van der Waals surface area contributed by atoms with E-state index >= 15 is 0 Å². The van der Waals surface area contributed by atoms with Crippen molar-refractivity contribution in [3.63, 3.8) is 0 Å². The number of esters is 2. The zero-order valence-electron chi connectivity index (χ0n) is 27.8. The van der Waals surface area contributed by atoms with Crippen LogP contribution in [0.5, 0.6) is 0 Å². The molecule has 0 aromatic heterocycles. The van der Waals surface area contributed by atoms with E-state index in [0.29, 0.717) is 24.3 Å². The Hall–Kier alpha value is -1.92. The van der Waals surface area contributed by atoms with Gasteiger partial charge in [0, 0.05) is 13.1 Å². The monoisotopic (exact) mass is 588 g/mol. The molecular weight excluding hydrogens is 524 g/mol. The lowest BCUT2D eigenvalue weighted by atomic mass is 10.1. The fraction of sp³-hybridized carbons (Fsp3) is 0.778. The zero-order chi connectivity index (χ0) is 30.7. The van der Waals surface area contributed by atoms with Crippen LogP contribution in [0, 0.1) is 0 Å². The highest BCUT2D eigenvalue weighted by molar-refractivity contribution is 5.95. The molecule has 42 heavy (non-hydrogen) atoms. The Labute approximate surface area is 258 Å². The molecule has 0 aliphatic rings. The maximum Gasteiger partial charge on any atom is 0.338 e. The molecule has 242 valence electrons. The van der Waals surface area contributed by atoms with Crippen LogP contribution in [0.1, 0.15) is 151 Å². The number of nitrogens with zero attached hydrogens (tertiary/aromatic N) is 2. The molecule has 0 spiro atoms. The Morgan fingerprint density at radius 3 is 1.26 bits per heavy atom. The molecule has 0 radical (unpaired) electrons. The maximum atomic E-state index is 12.6. The van der Waals surface area contributed by atoms with Crippen molar-refractivity contribution in [1.29, 1.82) is 0 Å². The minimum Gasteiger partial charge on any atom is -0.462 e. The van der Waals surface area contributed by atoms with E-state index in [9.17, 15) is 9.59 Å². The minimum atomic E-state index is -0.385. The van der Waals surface area contributed by atoms with Gasteiger partial charge in [-0.15, -0.1) is 0 Å². The Morgan fingerprint density at radius 1 is 0.524 bits per heavy atom. The van der Waals surface area contributed by atoms with Crippen LogP contribution in [0.15, 0.2) is 24.3 Å². The van der Waals surface area contributed by atoms with Crippen LogP contribution in [-0.4, -0.2) is 74.2 Å². The maximum absolute atomic E-state index is 12.6. The highest BCUT2D eigenvalue weighted by Gasteiger charge is 2.13. The zero-order valence-corrected chi connectivity index (χ0v) is 27.8. The molecule has 1 aromatic carbocycles. The topological polar surface area (TPSA) is 59.1 Å². The summed E-state index contributed by atoms with van der Waals surface area (Å²) in [7, 11) is 0. The molecule has 0 aliphatic carbocycles. The van der Waals surface area contributed by atoms with Crippen LogP contribution in [0.4, 0.5) is 0 Å². The molecule has 0 saturated carbocycles. The lowest BCUT2D eigenvalue weighted by Gasteiger charge is -2.20. The van der Waals surface area contributed by atoms with Crippen molar-refractivity contribution in [1.82, 2.24) is 9.80 Å². The van der Waals surface area contributed by atoms with Crippen LogP contribution < -0.4 is 0 Å². The number of carbonyl (C=O) groups excluding carboxylic acids is 2. The molecule has 6 heteroatoms. The highest BCUT2D eigenvalue weighted by atomic mass is 16.5. The van der Waals surface area contributed by atoms with E-state index in [0.717, 1.165) is 52.1 Å². The van der Waals surface area contributed by atoms with Crippen molar-refractivity contribution in [2.24, 2.45) is 0 Å². The summed E-state index contributed by atoms with van der Waals surface area (Å²) in [6.45, 7) is 15.8. The number of carbonyl (C=O) groups is 2. The van der Waals surface area contributed by atoms with Gasteiger partial charge in [0.05, 0.1) is 24.3 Å². The summed E-state index contributed by atoms with van der Waals surface area (Å²) in [5, 5.41) is 0. The van der Waals surface area contributed by atoms with E-state index in [1.165, 1.54) is 89.9 Å². The number of hydrogen-bond acceptors (Lipinski definition) is 6. The second kappa shape index (κ2) is 26.7. The van der Waals surface area contributed by atoms with Gasteiger partial charge in [-0.05, 0) is 70.1 Å². The lowest BCUT2D eigenvalue weighted by molar-refractivity contribution is 0.0487. The van der Waals surface area contributed by atoms with Gasteiger partial charge in [0.1, 0.15) is 0 Å². The van der Waals surface area contributed by atoms with Gasteiger partial charge in [0.15, 0.2) is 0 Å². The summed E-state index contributed by atoms with van der Waals surface area (Å²) in [5.74, 6) is -0.771. The summed E-state index contributed by atoms with van der Waals surface area (Å²) in [6.07, 6.45) is 20.1. The number of benzene rings is 1. The molecular formula is C36H64N2O4. The average molecular weight is 589 g/mol. The molecule has 0 amide bonds. The van der Waals surface area contributed by atoms with E-state index < -0.39 is 0 Å². The second-order valence-electron chi connectivity index (χ2n) is 11.7. The van der Waals surface area contributed by atoms with Gasteiger partial charge in [0.25, 0.3) is 0 Å². The van der Waals surface area contributed by atoms with Crippen LogP contribution in [0.2, 0.25) is 0 Å². The van der Waals surface area contributed by atoms with Crippen molar-refractivity contribution in [2.75, 3.05) is 52.5 Å². The number of rotatable bonds is 28. The normalized spacial score (nSPS) is 11.4. The molecule has 0 fully saturated rings. The van der Waals surface area contributed by atoms with Crippen molar-refractivity contribution in [3.05, 3.63) is 35.4 Å². The van der Waals surface area contributed by atoms with E-state index in [-0.39, 0.29) is 11.9 Å². The van der Waals surface area contributed by atoms with E-state index in [4.69, 9.17) is 9.47 Å². The molecule has 1 aromatic rings. The van der Waals surface area contributed by atoms with Gasteiger partial charge >= 0.3 is 11.9 Å². The fourth-order valence-electron chi connectivity index (χ4n) is 5.29. The largest absolute Gasteiger partial charge is 0.462 e. The third-order valence-electron chi connectivity index (χ3n) is 8.09. The summed E-state index contributed by atoms with van der Waals surface area (Å²) in [6, 6.07) is 6.69. The number of unbranched alkanes of at least 4 members (excludes halogenated alkanes) is 12. The smallest absolute Gasteiger partial charge is 0.338 e. The van der Waals surface area contributed by atoms with E-state index in [1.807, 2.05) is 0 Å². The molecule has 0 unspecified atom stereocenters. The first-order valence-electron chi connectivity index (χ1n) is 17.4. The van der Waals surface area contributed by atoms with Crippen molar-refractivity contribution < 1.29 is 19.1 Å². The molecule has 0 saturated heterocycles. The Morgan fingerprint density at radius 2 is 0.881 bits per heavy atom. The van der Waals surface area contributed by atoms with Gasteiger partial charge < -0.3 is 19.3 Å². The molecule has 0 N–H and O–H groups in total. The first-order chi connectivity index (χ1) is 20.5. The first kappa shape index (κ1) is 38.1. The molecule has 0 atom stereocenters. The van der Waals surface area contributed by atoms with Gasteiger partial charge in [-0.3, -0.25) is 0 Å². The van der Waals surface area contributed by atoms with E-state index in [1.54, 1.807) is 24.3 Å². The standard InChI is InChI=1S/C36H64N2O4/c1-5-9-11-13-15-17-19-26-37(7-3)28-22-30-41-35(39)33-24-21-25-34(32-33)36(40)42-31-23-29-38(8-4)27-20-18-16-14-12-10-6-2/h21,24-25,32H,5-20,22-23,26-31H2,1-4H3. The fourth-order valence-corrected chi connectivity index (χ4v) is 5.29. The average Bonchev–Trinajstić information content (AvgIpc) is 3.01. The van der Waals surface area contributed by atoms with Crippen molar-refractivity contribution in [3.8, 4) is 0 Å². The van der Waals surface area contributed by atoms with Gasteiger partial charge in [-0.25, -0.2) is 9.59 Å². The quantitative estimate of drug-likeness (QED) is 0.0719. The van der Waals surface area contributed by atoms with Gasteiger partial charge in [-0.1, -0.05) is 111 Å². The third kappa shape index (κ3) is 19.3. The van der Waals surface area contributed by atoms with Gasteiger partial charge in [0.2, 0.25) is 0 Å². The molecule has 0 heterocycles. The predicted octanol–water partition coefficient (Wildman–Crippen LogP) is 8.93. The predicted molar refractivity (Wildman–Crippen MR) is 176 cm³/mol. The summed E-state index contributed by atoms with van der Waals surface area (Å²) in [4.78, 5) is 30.1. The van der Waals surface area contributed by atoms with Crippen LogP contribution in [0.3, 0.4) is 0 Å². The summed E-state index contributed by atoms with van der Waals surface area (Å²) in [5.41, 5.74) is 0.790. The highest BCUT2D eigenvalue weighted by Crippen LogP contribution is 2.11. The lowest BCUT2D eigenvalue weighted by Crippen LogP contribution is -2.27. The van der Waals surface area contributed by atoms with Crippen LogP contribution >= 0.6 is 0 Å². The number of hydrogen-bond donors (Lipinski definition) is 0. The van der Waals surface area contributed by atoms with Crippen molar-refractivity contribution in [2.45, 2.75) is 130 Å².